The third kappa shape index (κ3) is 2.30. The van der Waals surface area contributed by atoms with E-state index in [9.17, 15) is 4.39 Å². The number of nitrogens with zero attached hydrogens (tertiary/aromatic N) is 3. The molecule has 0 amide bonds. The lowest BCUT2D eigenvalue weighted by Gasteiger charge is -2.19. The van der Waals surface area contributed by atoms with E-state index in [4.69, 9.17) is 5.73 Å². The Hall–Kier alpha value is -2.04. The van der Waals surface area contributed by atoms with Crippen molar-refractivity contribution in [3.8, 4) is 0 Å². The summed E-state index contributed by atoms with van der Waals surface area (Å²) in [5, 5.41) is 4.27. The first-order valence-electron chi connectivity index (χ1n) is 5.73. The number of nitrogen functional groups attached to an aromatic ring is 1. The molecule has 1 aromatic carbocycles. The van der Waals surface area contributed by atoms with Crippen molar-refractivity contribution in [1.29, 1.82) is 0 Å². The molecule has 0 saturated carbocycles. The molecular weight excluding hydrogens is 231 g/mol. The average Bonchev–Trinajstić information content (AvgIpc) is 2.56. The Morgan fingerprint density at radius 3 is 2.72 bits per heavy atom. The van der Waals surface area contributed by atoms with Gasteiger partial charge in [-0.05, 0) is 25.1 Å². The number of rotatable bonds is 3. The van der Waals surface area contributed by atoms with Gasteiger partial charge < -0.3 is 10.6 Å². The average molecular weight is 248 g/mol. The van der Waals surface area contributed by atoms with Gasteiger partial charge in [-0.15, -0.1) is 0 Å². The maximum atomic E-state index is 13.2. The highest BCUT2D eigenvalue weighted by Gasteiger charge is 2.13. The summed E-state index contributed by atoms with van der Waals surface area (Å²) in [6.45, 7) is 2.53. The first-order valence-corrected chi connectivity index (χ1v) is 5.73. The van der Waals surface area contributed by atoms with Gasteiger partial charge in [0, 0.05) is 31.9 Å². The van der Waals surface area contributed by atoms with Crippen LogP contribution < -0.4 is 10.6 Å². The largest absolute Gasteiger partial charge is 0.384 e. The second-order valence-corrected chi connectivity index (χ2v) is 4.41. The fourth-order valence-electron chi connectivity index (χ4n) is 1.96. The van der Waals surface area contributed by atoms with E-state index in [1.807, 2.05) is 32.0 Å². The number of aromatic nitrogens is 2. The summed E-state index contributed by atoms with van der Waals surface area (Å²) in [5.41, 5.74) is 8.65. The number of aryl methyl sites for hydroxylation is 2. The Labute approximate surface area is 106 Å². The molecule has 4 nitrogen and oxygen atoms in total. The van der Waals surface area contributed by atoms with Gasteiger partial charge in [0.25, 0.3) is 0 Å². The van der Waals surface area contributed by atoms with Crippen molar-refractivity contribution in [1.82, 2.24) is 9.78 Å². The predicted molar refractivity (Wildman–Crippen MR) is 70.9 cm³/mol. The molecule has 0 saturated heterocycles. The van der Waals surface area contributed by atoms with E-state index < -0.39 is 0 Å². The standard InChI is InChI=1S/C13H17FN4/c1-9-12(13(15)18(3)16-9)8-17(2)11-6-4-5-10(14)7-11/h4-7H,8,15H2,1-3H3. The van der Waals surface area contributed by atoms with Gasteiger partial charge in [-0.1, -0.05) is 6.07 Å². The van der Waals surface area contributed by atoms with Crippen molar-refractivity contribution in [2.45, 2.75) is 13.5 Å². The highest BCUT2D eigenvalue weighted by Crippen LogP contribution is 2.21. The lowest BCUT2D eigenvalue weighted by Crippen LogP contribution is -2.17. The minimum atomic E-state index is -0.241. The monoisotopic (exact) mass is 248 g/mol. The van der Waals surface area contributed by atoms with E-state index in [0.717, 1.165) is 16.9 Å². The Morgan fingerprint density at radius 2 is 2.17 bits per heavy atom. The van der Waals surface area contributed by atoms with E-state index >= 15 is 0 Å². The normalized spacial score (nSPS) is 10.7. The predicted octanol–water partition coefficient (Wildman–Crippen LogP) is 2.09. The Bertz CT molecular complexity index is 562. The quantitative estimate of drug-likeness (QED) is 0.904. The third-order valence-corrected chi connectivity index (χ3v) is 3.04. The lowest BCUT2D eigenvalue weighted by atomic mass is 10.2. The topological polar surface area (TPSA) is 47.1 Å². The summed E-state index contributed by atoms with van der Waals surface area (Å²) in [7, 11) is 3.72. The van der Waals surface area contributed by atoms with Crippen LogP contribution in [0.2, 0.25) is 0 Å². The van der Waals surface area contributed by atoms with Crippen LogP contribution in [0.3, 0.4) is 0 Å². The van der Waals surface area contributed by atoms with Gasteiger partial charge in [-0.2, -0.15) is 5.10 Å². The van der Waals surface area contributed by atoms with Gasteiger partial charge in [-0.3, -0.25) is 4.68 Å². The van der Waals surface area contributed by atoms with E-state index in [1.54, 1.807) is 10.7 Å². The summed E-state index contributed by atoms with van der Waals surface area (Å²) < 4.78 is 14.8. The van der Waals surface area contributed by atoms with Crippen LogP contribution in [0, 0.1) is 12.7 Å². The highest BCUT2D eigenvalue weighted by atomic mass is 19.1. The van der Waals surface area contributed by atoms with Crippen molar-refractivity contribution >= 4 is 11.5 Å². The first kappa shape index (κ1) is 12.4. The van der Waals surface area contributed by atoms with Crippen LogP contribution in [0.25, 0.3) is 0 Å². The van der Waals surface area contributed by atoms with E-state index in [2.05, 4.69) is 5.10 Å². The second-order valence-electron chi connectivity index (χ2n) is 4.41. The van der Waals surface area contributed by atoms with E-state index in [-0.39, 0.29) is 5.82 Å². The molecule has 1 heterocycles. The molecule has 5 heteroatoms. The molecular formula is C13H17FN4. The van der Waals surface area contributed by atoms with Crippen LogP contribution in [0.15, 0.2) is 24.3 Å². The van der Waals surface area contributed by atoms with Crippen LogP contribution in [-0.4, -0.2) is 16.8 Å². The first-order chi connectivity index (χ1) is 8.49. The van der Waals surface area contributed by atoms with Crippen molar-refractivity contribution in [3.63, 3.8) is 0 Å². The maximum absolute atomic E-state index is 13.2. The molecule has 2 rings (SSSR count). The van der Waals surface area contributed by atoms with Gasteiger partial charge in [-0.25, -0.2) is 4.39 Å². The summed E-state index contributed by atoms with van der Waals surface area (Å²) in [6, 6.07) is 6.49. The van der Waals surface area contributed by atoms with Gasteiger partial charge >= 0.3 is 0 Å². The summed E-state index contributed by atoms with van der Waals surface area (Å²) in [5.74, 6) is 0.408. The number of halogens is 1. The van der Waals surface area contributed by atoms with Crippen LogP contribution in [0.4, 0.5) is 15.9 Å². The summed E-state index contributed by atoms with van der Waals surface area (Å²) >= 11 is 0. The third-order valence-electron chi connectivity index (χ3n) is 3.04. The number of hydrogen-bond donors (Lipinski definition) is 1. The highest BCUT2D eigenvalue weighted by molar-refractivity contribution is 5.50. The molecule has 2 aromatic rings. The Kier molecular flexibility index (Phi) is 3.23. The molecule has 0 atom stereocenters. The molecule has 96 valence electrons. The molecule has 0 unspecified atom stereocenters. The smallest absolute Gasteiger partial charge is 0.126 e. The molecule has 0 aliphatic heterocycles. The van der Waals surface area contributed by atoms with Crippen molar-refractivity contribution in [2.24, 2.45) is 7.05 Å². The van der Waals surface area contributed by atoms with Gasteiger partial charge in [0.15, 0.2) is 0 Å². The number of nitrogens with two attached hydrogens (primary N) is 1. The van der Waals surface area contributed by atoms with Crippen molar-refractivity contribution in [3.05, 3.63) is 41.3 Å². The minimum Gasteiger partial charge on any atom is -0.384 e. The number of benzene rings is 1. The second kappa shape index (κ2) is 4.68. The molecule has 0 bridgehead atoms. The molecule has 0 radical (unpaired) electrons. The molecule has 0 aliphatic carbocycles. The molecule has 0 fully saturated rings. The van der Waals surface area contributed by atoms with Crippen molar-refractivity contribution in [2.75, 3.05) is 17.7 Å². The molecule has 0 spiro atoms. The fourth-order valence-corrected chi connectivity index (χ4v) is 1.96. The van der Waals surface area contributed by atoms with Crippen LogP contribution >= 0.6 is 0 Å². The molecule has 2 N–H and O–H groups in total. The van der Waals surface area contributed by atoms with Gasteiger partial charge in [0.1, 0.15) is 11.6 Å². The number of anilines is 2. The van der Waals surface area contributed by atoms with Crippen LogP contribution in [-0.2, 0) is 13.6 Å². The summed E-state index contributed by atoms with van der Waals surface area (Å²) in [6.07, 6.45) is 0. The Balaban J connectivity index is 2.24. The molecule has 18 heavy (non-hydrogen) atoms. The zero-order chi connectivity index (χ0) is 13.3. The summed E-state index contributed by atoms with van der Waals surface area (Å²) in [4.78, 5) is 1.95. The maximum Gasteiger partial charge on any atom is 0.126 e. The Morgan fingerprint density at radius 1 is 1.44 bits per heavy atom. The fraction of sp³-hybridized carbons (Fsp3) is 0.308. The van der Waals surface area contributed by atoms with Gasteiger partial charge in [0.05, 0.1) is 5.69 Å². The molecule has 1 aromatic heterocycles. The zero-order valence-corrected chi connectivity index (χ0v) is 10.8. The van der Waals surface area contributed by atoms with E-state index in [0.29, 0.717) is 12.4 Å². The van der Waals surface area contributed by atoms with Crippen LogP contribution in [0.5, 0.6) is 0 Å². The van der Waals surface area contributed by atoms with Gasteiger partial charge in [0.2, 0.25) is 0 Å². The van der Waals surface area contributed by atoms with Crippen LogP contribution in [0.1, 0.15) is 11.3 Å². The lowest BCUT2D eigenvalue weighted by molar-refractivity contribution is 0.627. The minimum absolute atomic E-state index is 0.241. The number of hydrogen-bond acceptors (Lipinski definition) is 3. The SMILES string of the molecule is Cc1nn(C)c(N)c1CN(C)c1cccc(F)c1. The van der Waals surface area contributed by atoms with Crippen molar-refractivity contribution < 1.29 is 4.39 Å². The van der Waals surface area contributed by atoms with E-state index in [1.165, 1.54) is 12.1 Å². The zero-order valence-electron chi connectivity index (χ0n) is 10.8. The molecule has 0 aliphatic rings.